The van der Waals surface area contributed by atoms with Gasteiger partial charge in [-0.15, -0.1) is 0 Å². The number of carbonyl (C=O) groups is 2. The molecule has 2 aliphatic heterocycles. The fraction of sp³-hybridized carbons (Fsp3) is 0.450. The number of pyridine rings is 1. The lowest BCUT2D eigenvalue weighted by molar-refractivity contribution is -0.192. The number of aromatic nitrogens is 3. The van der Waals surface area contributed by atoms with Crippen molar-refractivity contribution < 1.29 is 27.9 Å². The molecule has 0 aliphatic carbocycles. The fourth-order valence-corrected chi connectivity index (χ4v) is 3.69. The third-order valence-corrected chi connectivity index (χ3v) is 5.31. The van der Waals surface area contributed by atoms with Gasteiger partial charge in [0.2, 0.25) is 5.95 Å². The molecule has 2 aliphatic rings. The molecular formula is C20H22F3N5O3. The fourth-order valence-electron chi connectivity index (χ4n) is 3.69. The van der Waals surface area contributed by atoms with E-state index < -0.39 is 12.1 Å². The molecule has 11 heteroatoms. The van der Waals surface area contributed by atoms with Crippen LogP contribution in [0.15, 0.2) is 36.9 Å². The highest BCUT2D eigenvalue weighted by atomic mass is 19.4. The van der Waals surface area contributed by atoms with Crippen LogP contribution in [0, 0.1) is 11.8 Å². The number of nitrogens with zero attached hydrogens (tertiary/aromatic N) is 5. The van der Waals surface area contributed by atoms with Crippen molar-refractivity contribution in [2.24, 2.45) is 11.8 Å². The first kappa shape index (κ1) is 22.4. The van der Waals surface area contributed by atoms with Crippen molar-refractivity contribution in [3.05, 3.63) is 48.0 Å². The number of carbonyl (C=O) groups excluding carboxylic acids is 1. The Morgan fingerprint density at radius 1 is 1.10 bits per heavy atom. The third-order valence-electron chi connectivity index (χ3n) is 5.31. The molecule has 166 valence electrons. The smallest absolute Gasteiger partial charge is 0.475 e. The summed E-state index contributed by atoms with van der Waals surface area (Å²) >= 11 is 0. The van der Waals surface area contributed by atoms with Crippen molar-refractivity contribution in [2.75, 3.05) is 31.1 Å². The molecule has 2 saturated heterocycles. The molecule has 0 bridgehead atoms. The van der Waals surface area contributed by atoms with Gasteiger partial charge in [0.05, 0.1) is 5.56 Å². The zero-order valence-electron chi connectivity index (χ0n) is 16.8. The van der Waals surface area contributed by atoms with E-state index in [0.717, 1.165) is 44.1 Å². The van der Waals surface area contributed by atoms with Crippen LogP contribution in [0.5, 0.6) is 0 Å². The molecule has 8 nitrogen and oxygen atoms in total. The summed E-state index contributed by atoms with van der Waals surface area (Å²) in [6.07, 6.45) is 3.03. The summed E-state index contributed by atoms with van der Waals surface area (Å²) in [4.78, 5) is 38.7. The van der Waals surface area contributed by atoms with Gasteiger partial charge in [0.25, 0.3) is 5.91 Å². The van der Waals surface area contributed by atoms with Crippen LogP contribution in [0.3, 0.4) is 0 Å². The van der Waals surface area contributed by atoms with E-state index in [0.29, 0.717) is 17.4 Å². The van der Waals surface area contributed by atoms with Crippen LogP contribution < -0.4 is 4.90 Å². The van der Waals surface area contributed by atoms with Gasteiger partial charge < -0.3 is 14.9 Å². The monoisotopic (exact) mass is 437 g/mol. The van der Waals surface area contributed by atoms with Crippen molar-refractivity contribution in [2.45, 2.75) is 19.5 Å². The van der Waals surface area contributed by atoms with E-state index in [1.807, 2.05) is 29.4 Å². The topological polar surface area (TPSA) is 99.5 Å². The van der Waals surface area contributed by atoms with E-state index in [9.17, 15) is 18.0 Å². The van der Waals surface area contributed by atoms with E-state index in [2.05, 4.69) is 26.8 Å². The van der Waals surface area contributed by atoms with Crippen molar-refractivity contribution in [3.8, 4) is 0 Å². The van der Waals surface area contributed by atoms with Crippen molar-refractivity contribution in [3.63, 3.8) is 0 Å². The largest absolute Gasteiger partial charge is 0.490 e. The Kier molecular flexibility index (Phi) is 6.71. The zero-order chi connectivity index (χ0) is 22.6. The summed E-state index contributed by atoms with van der Waals surface area (Å²) in [5.74, 6) is -0.855. The molecule has 0 saturated carbocycles. The van der Waals surface area contributed by atoms with Crippen LogP contribution in [0.2, 0.25) is 0 Å². The first-order valence-corrected chi connectivity index (χ1v) is 9.74. The maximum atomic E-state index is 12.5. The summed E-state index contributed by atoms with van der Waals surface area (Å²) in [5.41, 5.74) is 1.83. The Hall–Kier alpha value is -3.24. The van der Waals surface area contributed by atoms with E-state index in [1.165, 1.54) is 0 Å². The van der Waals surface area contributed by atoms with Gasteiger partial charge in [-0.05, 0) is 24.1 Å². The van der Waals surface area contributed by atoms with Gasteiger partial charge in [0.15, 0.2) is 0 Å². The van der Waals surface area contributed by atoms with Crippen LogP contribution in [-0.2, 0) is 11.2 Å². The van der Waals surface area contributed by atoms with Gasteiger partial charge in [-0.3, -0.25) is 9.78 Å². The van der Waals surface area contributed by atoms with Gasteiger partial charge >= 0.3 is 12.1 Å². The first-order valence-electron chi connectivity index (χ1n) is 9.74. The first-order chi connectivity index (χ1) is 14.7. The standard InChI is InChI=1S/C18H21N5O.C2HF3O2/c1-2-13-6-20-18(21-7-13)23-11-15-9-22(10-16(15)12-23)17(24)14-4-3-5-19-8-14;3-2(4,5)1(6)7/h3-8,15-16H,2,9-12H2,1H3;(H,6,7)/t15-,16+;. The number of halogens is 3. The van der Waals surface area contributed by atoms with Gasteiger partial charge in [-0.2, -0.15) is 13.2 Å². The number of alkyl halides is 3. The molecule has 2 aromatic rings. The Labute approximate surface area is 176 Å². The lowest BCUT2D eigenvalue weighted by Crippen LogP contribution is -2.33. The number of hydrogen-bond acceptors (Lipinski definition) is 6. The zero-order valence-corrected chi connectivity index (χ0v) is 16.8. The number of aryl methyl sites for hydroxylation is 1. The maximum absolute atomic E-state index is 12.5. The third kappa shape index (κ3) is 5.47. The minimum Gasteiger partial charge on any atom is -0.475 e. The number of rotatable bonds is 3. The van der Waals surface area contributed by atoms with Crippen molar-refractivity contribution in [1.29, 1.82) is 0 Å². The number of hydrogen-bond donors (Lipinski definition) is 1. The van der Waals surface area contributed by atoms with Gasteiger partial charge in [0, 0.05) is 62.8 Å². The number of amides is 1. The Morgan fingerprint density at radius 3 is 2.13 bits per heavy atom. The molecule has 4 heterocycles. The summed E-state index contributed by atoms with van der Waals surface area (Å²) < 4.78 is 31.7. The van der Waals surface area contributed by atoms with Crippen LogP contribution in [0.25, 0.3) is 0 Å². The van der Waals surface area contributed by atoms with Gasteiger partial charge in [0.1, 0.15) is 0 Å². The Morgan fingerprint density at radius 2 is 1.68 bits per heavy atom. The molecule has 0 spiro atoms. The predicted molar refractivity (Wildman–Crippen MR) is 104 cm³/mol. The molecule has 4 rings (SSSR count). The normalized spacial score (nSPS) is 20.1. The molecule has 0 unspecified atom stereocenters. The second kappa shape index (κ2) is 9.27. The van der Waals surface area contributed by atoms with Crippen LogP contribution in [0.1, 0.15) is 22.8 Å². The number of likely N-dealkylation sites (tertiary alicyclic amines) is 1. The van der Waals surface area contributed by atoms with E-state index >= 15 is 0 Å². The Bertz CT molecular complexity index is 895. The van der Waals surface area contributed by atoms with E-state index in [1.54, 1.807) is 12.4 Å². The average molecular weight is 437 g/mol. The molecule has 0 aromatic carbocycles. The SMILES string of the molecule is CCc1cnc(N2C[C@H]3CN(C(=O)c4cccnc4)C[C@H]3C2)nc1.O=C(O)C(F)(F)F. The van der Waals surface area contributed by atoms with E-state index in [-0.39, 0.29) is 5.91 Å². The highest BCUT2D eigenvalue weighted by molar-refractivity contribution is 5.94. The van der Waals surface area contributed by atoms with Crippen molar-refractivity contribution in [1.82, 2.24) is 19.9 Å². The number of fused-ring (bicyclic) bond motifs is 1. The summed E-state index contributed by atoms with van der Waals surface area (Å²) in [6, 6.07) is 3.64. The molecule has 2 atom stereocenters. The van der Waals surface area contributed by atoms with Gasteiger partial charge in [-0.25, -0.2) is 14.8 Å². The molecule has 0 radical (unpaired) electrons. The summed E-state index contributed by atoms with van der Waals surface area (Å²) in [5, 5.41) is 7.12. The second-order valence-corrected chi connectivity index (χ2v) is 7.42. The summed E-state index contributed by atoms with van der Waals surface area (Å²) in [6.45, 7) is 5.57. The molecule has 1 N–H and O–H groups in total. The van der Waals surface area contributed by atoms with Crippen LogP contribution in [-0.4, -0.2) is 69.2 Å². The van der Waals surface area contributed by atoms with Crippen LogP contribution >= 0.6 is 0 Å². The number of aliphatic carboxylic acids is 1. The lowest BCUT2D eigenvalue weighted by Gasteiger charge is -2.21. The molecule has 1 amide bonds. The quantitative estimate of drug-likeness (QED) is 0.786. The highest BCUT2D eigenvalue weighted by Gasteiger charge is 2.42. The molecular weight excluding hydrogens is 415 g/mol. The van der Waals surface area contributed by atoms with Crippen molar-refractivity contribution >= 4 is 17.8 Å². The van der Waals surface area contributed by atoms with Crippen LogP contribution in [0.4, 0.5) is 19.1 Å². The Balaban J connectivity index is 0.000000339. The number of carboxylic acids is 1. The minimum atomic E-state index is -5.08. The maximum Gasteiger partial charge on any atom is 0.490 e. The number of anilines is 1. The average Bonchev–Trinajstić information content (AvgIpc) is 3.33. The molecule has 2 aromatic heterocycles. The summed E-state index contributed by atoms with van der Waals surface area (Å²) in [7, 11) is 0. The number of carboxylic acid groups (broad SMARTS) is 1. The predicted octanol–water partition coefficient (Wildman–Crippen LogP) is 2.28. The molecule has 2 fully saturated rings. The minimum absolute atomic E-state index is 0.0904. The second-order valence-electron chi connectivity index (χ2n) is 7.42. The van der Waals surface area contributed by atoms with Gasteiger partial charge in [-0.1, -0.05) is 6.92 Å². The lowest BCUT2D eigenvalue weighted by atomic mass is 10.0. The molecule has 31 heavy (non-hydrogen) atoms. The van der Waals surface area contributed by atoms with E-state index in [4.69, 9.17) is 9.90 Å². The highest BCUT2D eigenvalue weighted by Crippen LogP contribution is 2.33.